The number of rotatable bonds is 5. The van der Waals surface area contributed by atoms with E-state index < -0.39 is 10.0 Å². The summed E-state index contributed by atoms with van der Waals surface area (Å²) in [6, 6.07) is 8.52. The van der Waals surface area contributed by atoms with E-state index in [-0.39, 0.29) is 4.90 Å². The number of hydrogen-bond donors (Lipinski definition) is 1. The molecule has 0 spiro atoms. The summed E-state index contributed by atoms with van der Waals surface area (Å²) in [6.45, 7) is 0.336. The largest absolute Gasteiger partial charge is 0.256 e. The lowest BCUT2D eigenvalue weighted by atomic mass is 10.2. The number of nitrogens with one attached hydrogen (secondary N) is 1. The van der Waals surface area contributed by atoms with Crippen molar-refractivity contribution in [2.45, 2.75) is 11.3 Å². The van der Waals surface area contributed by atoms with E-state index in [9.17, 15) is 8.42 Å². The predicted octanol–water partition coefficient (Wildman–Crippen LogP) is 2.14. The molecular weight excluding hydrogens is 272 g/mol. The molecule has 0 atom stereocenters. The molecule has 6 heteroatoms. The van der Waals surface area contributed by atoms with Crippen molar-refractivity contribution in [3.8, 4) is 0 Å². The summed E-state index contributed by atoms with van der Waals surface area (Å²) in [6.07, 6.45) is 2.24. The summed E-state index contributed by atoms with van der Waals surface area (Å²) in [7, 11) is -3.51. The molecule has 1 aromatic heterocycles. The molecule has 0 bridgehead atoms. The minimum Gasteiger partial charge on any atom is -0.256 e. The number of halogens is 1. The second kappa shape index (κ2) is 5.65. The zero-order chi connectivity index (χ0) is 13.0. The third-order valence-corrected chi connectivity index (χ3v) is 4.28. The molecule has 18 heavy (non-hydrogen) atoms. The van der Waals surface area contributed by atoms with E-state index in [1.807, 2.05) is 0 Å². The highest BCUT2D eigenvalue weighted by molar-refractivity contribution is 7.89. The number of hydrogen-bond acceptors (Lipinski definition) is 3. The number of benzene rings is 1. The molecule has 2 aromatic rings. The second-order valence-corrected chi connectivity index (χ2v) is 5.88. The minimum atomic E-state index is -3.51. The van der Waals surface area contributed by atoms with Gasteiger partial charge in [-0.3, -0.25) is 4.98 Å². The zero-order valence-electron chi connectivity index (χ0n) is 9.64. The molecule has 4 nitrogen and oxygen atoms in total. The first kappa shape index (κ1) is 13.3. The summed E-state index contributed by atoms with van der Waals surface area (Å²) in [5.74, 6) is 0.430. The summed E-state index contributed by atoms with van der Waals surface area (Å²) in [4.78, 5) is 4.39. The Labute approximate surface area is 111 Å². The van der Waals surface area contributed by atoms with Gasteiger partial charge in [-0.15, -0.1) is 11.6 Å². The standard InChI is InChI=1S/C12H13ClN2O2S/c13-7-3-9-15-18(16,17)12-6-1-5-11-10(12)4-2-8-14-11/h1-2,4-6,8,15H,3,7,9H2. The smallest absolute Gasteiger partial charge is 0.241 e. The maximum absolute atomic E-state index is 12.1. The molecule has 2 rings (SSSR count). The van der Waals surface area contributed by atoms with Gasteiger partial charge in [-0.05, 0) is 30.7 Å². The van der Waals surface area contributed by atoms with Gasteiger partial charge in [0.2, 0.25) is 10.0 Å². The Morgan fingerprint density at radius 1 is 1.22 bits per heavy atom. The molecule has 0 unspecified atom stereocenters. The van der Waals surface area contributed by atoms with Crippen molar-refractivity contribution in [3.05, 3.63) is 36.5 Å². The fourth-order valence-electron chi connectivity index (χ4n) is 1.66. The third-order valence-electron chi connectivity index (χ3n) is 2.50. The Morgan fingerprint density at radius 3 is 2.83 bits per heavy atom. The molecule has 96 valence electrons. The predicted molar refractivity (Wildman–Crippen MR) is 72.3 cm³/mol. The van der Waals surface area contributed by atoms with Gasteiger partial charge < -0.3 is 0 Å². The molecule has 0 fully saturated rings. The van der Waals surface area contributed by atoms with Gasteiger partial charge in [0.15, 0.2) is 0 Å². The van der Waals surface area contributed by atoms with E-state index in [1.54, 1.807) is 36.5 Å². The average molecular weight is 285 g/mol. The van der Waals surface area contributed by atoms with E-state index in [0.29, 0.717) is 29.7 Å². The van der Waals surface area contributed by atoms with Crippen molar-refractivity contribution in [3.63, 3.8) is 0 Å². The van der Waals surface area contributed by atoms with Gasteiger partial charge in [-0.25, -0.2) is 13.1 Å². The van der Waals surface area contributed by atoms with Crippen LogP contribution in [-0.4, -0.2) is 25.8 Å². The van der Waals surface area contributed by atoms with Crippen LogP contribution in [0.2, 0.25) is 0 Å². The molecule has 1 N–H and O–H groups in total. The van der Waals surface area contributed by atoms with Crippen LogP contribution in [0.15, 0.2) is 41.4 Å². The molecule has 0 radical (unpaired) electrons. The SMILES string of the molecule is O=S(=O)(NCCCCl)c1cccc2ncccc12. The van der Waals surface area contributed by atoms with Gasteiger partial charge >= 0.3 is 0 Å². The first-order chi connectivity index (χ1) is 8.65. The molecule has 0 aliphatic carbocycles. The van der Waals surface area contributed by atoms with Crippen LogP contribution in [0.3, 0.4) is 0 Å². The number of sulfonamides is 1. The molecule has 0 saturated carbocycles. The number of pyridine rings is 1. The highest BCUT2D eigenvalue weighted by atomic mass is 35.5. The van der Waals surface area contributed by atoms with Crippen molar-refractivity contribution in [2.24, 2.45) is 0 Å². The van der Waals surface area contributed by atoms with Crippen LogP contribution in [0, 0.1) is 0 Å². The molecule has 1 aromatic carbocycles. The second-order valence-electron chi connectivity index (χ2n) is 3.77. The van der Waals surface area contributed by atoms with E-state index in [4.69, 9.17) is 11.6 Å². The quantitative estimate of drug-likeness (QED) is 0.676. The topological polar surface area (TPSA) is 59.1 Å². The van der Waals surface area contributed by atoms with Crippen LogP contribution >= 0.6 is 11.6 Å². The Bertz CT molecular complexity index is 638. The average Bonchev–Trinajstić information content (AvgIpc) is 2.38. The Balaban J connectivity index is 2.41. The van der Waals surface area contributed by atoms with Gasteiger partial charge in [-0.2, -0.15) is 0 Å². The highest BCUT2D eigenvalue weighted by Gasteiger charge is 2.16. The summed E-state index contributed by atoms with van der Waals surface area (Å²) in [5.41, 5.74) is 0.665. The molecule has 0 amide bonds. The van der Waals surface area contributed by atoms with Gasteiger partial charge in [0, 0.05) is 24.0 Å². The van der Waals surface area contributed by atoms with Crippen LogP contribution < -0.4 is 4.72 Å². The first-order valence-electron chi connectivity index (χ1n) is 5.54. The Morgan fingerprint density at radius 2 is 2.06 bits per heavy atom. The van der Waals surface area contributed by atoms with Crippen molar-refractivity contribution in [1.29, 1.82) is 0 Å². The summed E-state index contributed by atoms with van der Waals surface area (Å²) < 4.78 is 26.8. The van der Waals surface area contributed by atoms with Gasteiger partial charge in [0.05, 0.1) is 10.4 Å². The van der Waals surface area contributed by atoms with Crippen molar-refractivity contribution in [2.75, 3.05) is 12.4 Å². The third kappa shape index (κ3) is 2.80. The summed E-state index contributed by atoms with van der Waals surface area (Å²) in [5, 5.41) is 0.623. The number of alkyl halides is 1. The first-order valence-corrected chi connectivity index (χ1v) is 7.56. The van der Waals surface area contributed by atoms with Crippen molar-refractivity contribution in [1.82, 2.24) is 9.71 Å². The van der Waals surface area contributed by atoms with E-state index in [1.165, 1.54) is 0 Å². The lowest BCUT2D eigenvalue weighted by Gasteiger charge is -2.08. The summed E-state index contributed by atoms with van der Waals surface area (Å²) >= 11 is 5.53. The fraction of sp³-hybridized carbons (Fsp3) is 0.250. The van der Waals surface area contributed by atoms with Crippen LogP contribution in [0.4, 0.5) is 0 Å². The molecule has 1 heterocycles. The minimum absolute atomic E-state index is 0.252. The maximum atomic E-state index is 12.1. The Kier molecular flexibility index (Phi) is 4.16. The lowest BCUT2D eigenvalue weighted by molar-refractivity contribution is 0.582. The van der Waals surface area contributed by atoms with Gasteiger partial charge in [0.25, 0.3) is 0 Å². The lowest BCUT2D eigenvalue weighted by Crippen LogP contribution is -2.25. The van der Waals surface area contributed by atoms with Crippen LogP contribution in [0.5, 0.6) is 0 Å². The van der Waals surface area contributed by atoms with Crippen molar-refractivity contribution >= 4 is 32.5 Å². The van der Waals surface area contributed by atoms with E-state index in [2.05, 4.69) is 9.71 Å². The normalized spacial score (nSPS) is 11.8. The van der Waals surface area contributed by atoms with Crippen LogP contribution in [0.1, 0.15) is 6.42 Å². The fourth-order valence-corrected chi connectivity index (χ4v) is 3.08. The molecular formula is C12H13ClN2O2S. The number of nitrogens with zero attached hydrogens (tertiary/aromatic N) is 1. The molecule has 0 saturated heterocycles. The van der Waals surface area contributed by atoms with Gasteiger partial charge in [0.1, 0.15) is 0 Å². The monoisotopic (exact) mass is 284 g/mol. The van der Waals surface area contributed by atoms with E-state index >= 15 is 0 Å². The highest BCUT2D eigenvalue weighted by Crippen LogP contribution is 2.20. The number of fused-ring (bicyclic) bond motifs is 1. The van der Waals surface area contributed by atoms with Gasteiger partial charge in [-0.1, -0.05) is 6.07 Å². The van der Waals surface area contributed by atoms with E-state index in [0.717, 1.165) is 0 Å². The van der Waals surface area contributed by atoms with Crippen LogP contribution in [0.25, 0.3) is 10.9 Å². The van der Waals surface area contributed by atoms with Crippen molar-refractivity contribution < 1.29 is 8.42 Å². The molecule has 0 aliphatic heterocycles. The van der Waals surface area contributed by atoms with Crippen LogP contribution in [-0.2, 0) is 10.0 Å². The maximum Gasteiger partial charge on any atom is 0.241 e. The Hall–Kier alpha value is -1.17. The number of aromatic nitrogens is 1. The zero-order valence-corrected chi connectivity index (χ0v) is 11.2. The molecule has 0 aliphatic rings.